The molecule has 1 amide bonds. The summed E-state index contributed by atoms with van der Waals surface area (Å²) in [7, 11) is 0. The highest BCUT2D eigenvalue weighted by Gasteiger charge is 2.33. The van der Waals surface area contributed by atoms with Gasteiger partial charge in [0.05, 0.1) is 10.6 Å². The largest absolute Gasteiger partial charge is 0.481 e. The molecule has 1 fully saturated rings. The third-order valence-electron chi connectivity index (χ3n) is 3.64. The number of rotatable bonds is 5. The molecule has 3 rings (SSSR count). The molecule has 7 heteroatoms. The first-order chi connectivity index (χ1) is 12.5. The standard InChI is InChI=1S/C19H15NO4S2/c1-12-6-8-14(9-7-12)20-18(23)16(26-19(20)25)10-13-4-2-3-5-15(13)24-11-17(21)22/h2-10H,11H2,1H3,(H,21,22)/b16-10-. The number of aryl methyl sites for hydroxylation is 1. The Kier molecular flexibility index (Phi) is 5.39. The summed E-state index contributed by atoms with van der Waals surface area (Å²) < 4.78 is 5.74. The highest BCUT2D eigenvalue weighted by molar-refractivity contribution is 8.27. The van der Waals surface area contributed by atoms with E-state index in [2.05, 4.69) is 0 Å². The van der Waals surface area contributed by atoms with Crippen LogP contribution in [-0.4, -0.2) is 27.9 Å². The third kappa shape index (κ3) is 3.95. The molecule has 0 aliphatic carbocycles. The van der Waals surface area contributed by atoms with Gasteiger partial charge < -0.3 is 9.84 Å². The van der Waals surface area contributed by atoms with Gasteiger partial charge in [0.25, 0.3) is 5.91 Å². The Morgan fingerprint density at radius 2 is 1.92 bits per heavy atom. The maximum atomic E-state index is 12.8. The fourth-order valence-electron chi connectivity index (χ4n) is 2.40. The Morgan fingerprint density at radius 1 is 1.23 bits per heavy atom. The second-order valence-corrected chi connectivity index (χ2v) is 7.25. The van der Waals surface area contributed by atoms with Gasteiger partial charge in [0.15, 0.2) is 10.9 Å². The number of hydrogen-bond acceptors (Lipinski definition) is 5. The van der Waals surface area contributed by atoms with Crippen LogP contribution in [0.15, 0.2) is 53.4 Å². The molecule has 1 aliphatic rings. The van der Waals surface area contributed by atoms with Gasteiger partial charge in [-0.1, -0.05) is 59.9 Å². The van der Waals surface area contributed by atoms with E-state index in [4.69, 9.17) is 22.1 Å². The lowest BCUT2D eigenvalue weighted by Gasteiger charge is -2.14. The average Bonchev–Trinajstić information content (AvgIpc) is 2.89. The number of benzene rings is 2. The van der Waals surface area contributed by atoms with Crippen molar-refractivity contribution >= 4 is 51.9 Å². The lowest BCUT2D eigenvalue weighted by atomic mass is 10.1. The van der Waals surface area contributed by atoms with Gasteiger partial charge in [-0.15, -0.1) is 0 Å². The lowest BCUT2D eigenvalue weighted by Crippen LogP contribution is -2.27. The average molecular weight is 385 g/mol. The SMILES string of the molecule is Cc1ccc(N2C(=O)/C(=C/c3ccccc3OCC(=O)O)SC2=S)cc1. The van der Waals surface area contributed by atoms with E-state index in [0.29, 0.717) is 20.5 Å². The van der Waals surface area contributed by atoms with Crippen LogP contribution in [0.1, 0.15) is 11.1 Å². The Hall–Kier alpha value is -2.64. The normalized spacial score (nSPS) is 15.6. The zero-order valence-electron chi connectivity index (χ0n) is 13.8. The summed E-state index contributed by atoms with van der Waals surface area (Å²) in [6.45, 7) is 1.53. The summed E-state index contributed by atoms with van der Waals surface area (Å²) in [6, 6.07) is 14.5. The highest BCUT2D eigenvalue weighted by Crippen LogP contribution is 2.37. The number of anilines is 1. The highest BCUT2D eigenvalue weighted by atomic mass is 32.2. The first kappa shape index (κ1) is 18.2. The van der Waals surface area contributed by atoms with Gasteiger partial charge in [0.2, 0.25) is 0 Å². The van der Waals surface area contributed by atoms with Gasteiger partial charge in [-0.25, -0.2) is 4.79 Å². The number of ether oxygens (including phenoxy) is 1. The van der Waals surface area contributed by atoms with E-state index in [1.165, 1.54) is 16.7 Å². The fourth-order valence-corrected chi connectivity index (χ4v) is 3.69. The minimum Gasteiger partial charge on any atom is -0.481 e. The van der Waals surface area contributed by atoms with Crippen molar-refractivity contribution in [3.05, 3.63) is 64.6 Å². The van der Waals surface area contributed by atoms with Crippen LogP contribution in [0, 0.1) is 6.92 Å². The molecule has 1 heterocycles. The Balaban J connectivity index is 1.89. The molecule has 0 unspecified atom stereocenters. The van der Waals surface area contributed by atoms with Crippen LogP contribution in [0.4, 0.5) is 5.69 Å². The summed E-state index contributed by atoms with van der Waals surface area (Å²) in [4.78, 5) is 25.5. The monoisotopic (exact) mass is 385 g/mol. The molecule has 1 aliphatic heterocycles. The van der Waals surface area contributed by atoms with Crippen molar-refractivity contribution < 1.29 is 19.4 Å². The van der Waals surface area contributed by atoms with Crippen LogP contribution < -0.4 is 9.64 Å². The Morgan fingerprint density at radius 3 is 2.62 bits per heavy atom. The number of carbonyl (C=O) groups excluding carboxylic acids is 1. The van der Waals surface area contributed by atoms with Crippen molar-refractivity contribution in [1.82, 2.24) is 0 Å². The Labute approximate surface area is 160 Å². The topological polar surface area (TPSA) is 66.8 Å². The second kappa shape index (κ2) is 7.72. The number of carboxylic acids is 1. The van der Waals surface area contributed by atoms with E-state index < -0.39 is 12.6 Å². The molecule has 2 aromatic carbocycles. The molecule has 5 nitrogen and oxygen atoms in total. The molecule has 132 valence electrons. The van der Waals surface area contributed by atoms with Crippen LogP contribution in [0.25, 0.3) is 6.08 Å². The van der Waals surface area contributed by atoms with Crippen molar-refractivity contribution in [3.8, 4) is 5.75 Å². The van der Waals surface area contributed by atoms with Gasteiger partial charge in [0.1, 0.15) is 5.75 Å². The van der Waals surface area contributed by atoms with Crippen molar-refractivity contribution in [2.75, 3.05) is 11.5 Å². The molecule has 0 radical (unpaired) electrons. The third-order valence-corrected chi connectivity index (χ3v) is 4.94. The van der Waals surface area contributed by atoms with Crippen LogP contribution in [0.5, 0.6) is 5.75 Å². The smallest absolute Gasteiger partial charge is 0.341 e. The number of hydrogen-bond donors (Lipinski definition) is 1. The predicted molar refractivity (Wildman–Crippen MR) is 106 cm³/mol. The minimum atomic E-state index is -1.06. The van der Waals surface area contributed by atoms with E-state index in [9.17, 15) is 9.59 Å². The molecule has 0 aromatic heterocycles. The van der Waals surface area contributed by atoms with Gasteiger partial charge >= 0.3 is 5.97 Å². The molecule has 0 saturated carbocycles. The molecule has 0 atom stereocenters. The molecule has 0 spiro atoms. The van der Waals surface area contributed by atoms with Crippen LogP contribution in [-0.2, 0) is 9.59 Å². The van der Waals surface area contributed by atoms with Crippen LogP contribution >= 0.6 is 24.0 Å². The summed E-state index contributed by atoms with van der Waals surface area (Å²) in [6.07, 6.45) is 1.67. The number of aliphatic carboxylic acids is 1. The van der Waals surface area contributed by atoms with Crippen molar-refractivity contribution in [2.24, 2.45) is 0 Å². The van der Waals surface area contributed by atoms with E-state index in [1.54, 1.807) is 30.3 Å². The van der Waals surface area contributed by atoms with Crippen molar-refractivity contribution in [1.29, 1.82) is 0 Å². The van der Waals surface area contributed by atoms with E-state index in [1.807, 2.05) is 31.2 Å². The van der Waals surface area contributed by atoms with Gasteiger partial charge in [0, 0.05) is 5.56 Å². The number of thioether (sulfide) groups is 1. The molecule has 2 aromatic rings. The maximum absolute atomic E-state index is 12.8. The lowest BCUT2D eigenvalue weighted by molar-refractivity contribution is -0.139. The summed E-state index contributed by atoms with van der Waals surface area (Å²) in [5.41, 5.74) is 2.44. The number of thiocarbonyl (C=S) groups is 1. The van der Waals surface area contributed by atoms with Gasteiger partial charge in [-0.2, -0.15) is 0 Å². The minimum absolute atomic E-state index is 0.211. The summed E-state index contributed by atoms with van der Waals surface area (Å²) in [5, 5.41) is 8.78. The first-order valence-electron chi connectivity index (χ1n) is 7.74. The molecule has 26 heavy (non-hydrogen) atoms. The summed E-state index contributed by atoms with van der Waals surface area (Å²) in [5.74, 6) is -0.877. The van der Waals surface area contributed by atoms with Crippen molar-refractivity contribution in [2.45, 2.75) is 6.92 Å². The van der Waals surface area contributed by atoms with Gasteiger partial charge in [-0.3, -0.25) is 9.69 Å². The molecule has 0 bridgehead atoms. The van der Waals surface area contributed by atoms with E-state index in [0.717, 1.165) is 11.3 Å². The zero-order valence-corrected chi connectivity index (χ0v) is 15.5. The van der Waals surface area contributed by atoms with E-state index in [-0.39, 0.29) is 5.91 Å². The number of para-hydroxylation sites is 1. The quantitative estimate of drug-likeness (QED) is 0.623. The zero-order chi connectivity index (χ0) is 18.7. The second-order valence-electron chi connectivity index (χ2n) is 5.57. The Bertz CT molecular complexity index is 906. The maximum Gasteiger partial charge on any atom is 0.341 e. The molecule has 1 saturated heterocycles. The number of carboxylic acid groups (broad SMARTS) is 1. The van der Waals surface area contributed by atoms with Crippen LogP contribution in [0.3, 0.4) is 0 Å². The van der Waals surface area contributed by atoms with Gasteiger partial charge in [-0.05, 0) is 31.2 Å². The van der Waals surface area contributed by atoms with Crippen LogP contribution in [0.2, 0.25) is 0 Å². The van der Waals surface area contributed by atoms with E-state index >= 15 is 0 Å². The fraction of sp³-hybridized carbons (Fsp3) is 0.105. The number of carbonyl (C=O) groups is 2. The van der Waals surface area contributed by atoms with Crippen molar-refractivity contribution in [3.63, 3.8) is 0 Å². The predicted octanol–water partition coefficient (Wildman–Crippen LogP) is 3.86. The number of nitrogens with zero attached hydrogens (tertiary/aromatic N) is 1. The molecule has 1 N–H and O–H groups in total. The number of amides is 1. The first-order valence-corrected chi connectivity index (χ1v) is 8.96. The molecular weight excluding hydrogens is 370 g/mol. The molecular formula is C19H15NO4S2. The summed E-state index contributed by atoms with van der Waals surface area (Å²) >= 11 is 6.57.